The van der Waals surface area contributed by atoms with E-state index in [4.69, 9.17) is 9.47 Å². The molecule has 0 amide bonds. The lowest BCUT2D eigenvalue weighted by Gasteiger charge is -2.35. The number of fused-ring (bicyclic) bond motifs is 5. The standard InChI is InChI=1S/C33H36F2N6O5/c1-6-24(43)46-30-19-9-10-37-27(16(2)3)29(19)41-32-20(31(39-33(41)44)40-12-11-36-14-18(40)5)13-21(34)28(38-32)25-23(45-15-22(30)42)8-7-17(4)26(25)35/h7-10,13,16,18,22,30,36,42H,6,11-12,14-15H2,1-5H3/t18-,22?,30?/m0/s1. The number of halogens is 2. The van der Waals surface area contributed by atoms with Gasteiger partial charge in [0, 0.05) is 43.9 Å². The summed E-state index contributed by atoms with van der Waals surface area (Å²) in [5.41, 5.74) is -0.315. The molecule has 6 rings (SSSR count). The zero-order valence-electron chi connectivity index (χ0n) is 26.3. The van der Waals surface area contributed by atoms with Crippen LogP contribution in [0.2, 0.25) is 0 Å². The van der Waals surface area contributed by atoms with Crippen LogP contribution in [0.1, 0.15) is 63.0 Å². The molecule has 0 aliphatic carbocycles. The Morgan fingerprint density at radius 2 is 2.02 bits per heavy atom. The number of rotatable bonds is 4. The average Bonchev–Trinajstić information content (AvgIpc) is 3.03. The molecule has 242 valence electrons. The first-order valence-electron chi connectivity index (χ1n) is 15.4. The van der Waals surface area contributed by atoms with E-state index in [2.05, 4.69) is 20.3 Å². The van der Waals surface area contributed by atoms with E-state index in [1.807, 2.05) is 25.7 Å². The highest BCUT2D eigenvalue weighted by Gasteiger charge is 2.35. The molecule has 2 N–H and O–H groups in total. The molecule has 3 aromatic heterocycles. The molecule has 11 nitrogen and oxygen atoms in total. The van der Waals surface area contributed by atoms with Gasteiger partial charge in [-0.1, -0.05) is 26.8 Å². The highest BCUT2D eigenvalue weighted by molar-refractivity contribution is 5.91. The first-order valence-corrected chi connectivity index (χ1v) is 15.4. The summed E-state index contributed by atoms with van der Waals surface area (Å²) in [5, 5.41) is 15.0. The molecular weight excluding hydrogens is 598 g/mol. The lowest BCUT2D eigenvalue weighted by Crippen LogP contribution is -2.50. The molecule has 1 saturated heterocycles. The number of aryl methyl sites for hydroxylation is 1. The fourth-order valence-electron chi connectivity index (χ4n) is 6.08. The molecular formula is C33H36F2N6O5. The summed E-state index contributed by atoms with van der Waals surface area (Å²) >= 11 is 0. The van der Waals surface area contributed by atoms with Gasteiger partial charge < -0.3 is 24.8 Å². The number of esters is 1. The summed E-state index contributed by atoms with van der Waals surface area (Å²) in [4.78, 5) is 42.7. The van der Waals surface area contributed by atoms with Crippen LogP contribution in [0.25, 0.3) is 28.0 Å². The van der Waals surface area contributed by atoms with Crippen LogP contribution in [0, 0.1) is 18.6 Å². The van der Waals surface area contributed by atoms with Crippen molar-refractivity contribution in [1.82, 2.24) is 24.8 Å². The van der Waals surface area contributed by atoms with Crippen molar-refractivity contribution in [1.29, 1.82) is 0 Å². The molecule has 2 unspecified atom stereocenters. The number of aromatic nitrogens is 4. The molecule has 5 heterocycles. The van der Waals surface area contributed by atoms with Crippen LogP contribution in [0.3, 0.4) is 0 Å². The van der Waals surface area contributed by atoms with E-state index in [-0.39, 0.29) is 69.1 Å². The third kappa shape index (κ3) is 5.36. The number of ether oxygens (including phenoxy) is 2. The smallest absolute Gasteiger partial charge is 0.355 e. The van der Waals surface area contributed by atoms with Crippen LogP contribution in [-0.4, -0.2) is 69.0 Å². The van der Waals surface area contributed by atoms with Gasteiger partial charge in [-0.2, -0.15) is 4.98 Å². The van der Waals surface area contributed by atoms with Gasteiger partial charge >= 0.3 is 11.7 Å². The number of benzene rings is 1. The van der Waals surface area contributed by atoms with E-state index in [0.717, 1.165) is 0 Å². The second-order valence-electron chi connectivity index (χ2n) is 12.0. The molecule has 13 heteroatoms. The van der Waals surface area contributed by atoms with Gasteiger partial charge in [0.05, 0.1) is 22.3 Å². The number of anilines is 1. The minimum atomic E-state index is -1.48. The second kappa shape index (κ2) is 12.4. The predicted molar refractivity (Wildman–Crippen MR) is 167 cm³/mol. The minimum Gasteiger partial charge on any atom is -0.490 e. The van der Waals surface area contributed by atoms with Crippen molar-refractivity contribution in [3.05, 3.63) is 69.4 Å². The molecule has 1 fully saturated rings. The summed E-state index contributed by atoms with van der Waals surface area (Å²) in [5.74, 6) is -2.33. The molecule has 0 saturated carbocycles. The predicted octanol–water partition coefficient (Wildman–Crippen LogP) is 4.10. The van der Waals surface area contributed by atoms with Gasteiger partial charge in [0.2, 0.25) is 0 Å². The van der Waals surface area contributed by atoms with Crippen molar-refractivity contribution < 1.29 is 28.2 Å². The number of hydrogen-bond acceptors (Lipinski definition) is 10. The quantitative estimate of drug-likeness (QED) is 0.317. The Morgan fingerprint density at radius 3 is 2.74 bits per heavy atom. The van der Waals surface area contributed by atoms with E-state index < -0.39 is 42.1 Å². The summed E-state index contributed by atoms with van der Waals surface area (Å²) < 4.78 is 45.1. The van der Waals surface area contributed by atoms with E-state index in [9.17, 15) is 14.7 Å². The Kier molecular flexibility index (Phi) is 8.47. The Hall–Kier alpha value is -4.49. The van der Waals surface area contributed by atoms with Gasteiger partial charge in [-0.3, -0.25) is 9.78 Å². The Bertz CT molecular complexity index is 1900. The SMILES string of the molecule is CCC(=O)OC1c2ccnc(C(C)C)c2-n2c(=O)nc(N3CCNC[C@@H]3C)c3cc(F)c(nc32)-c2c(ccc(C)c2F)OCC1O. The van der Waals surface area contributed by atoms with Gasteiger partial charge in [-0.05, 0) is 43.5 Å². The third-order valence-electron chi connectivity index (χ3n) is 8.48. The number of aliphatic hydroxyl groups excluding tert-OH is 1. The van der Waals surface area contributed by atoms with E-state index >= 15 is 8.78 Å². The molecule has 46 heavy (non-hydrogen) atoms. The summed E-state index contributed by atoms with van der Waals surface area (Å²) in [6.45, 7) is 10.1. The molecule has 2 bridgehead atoms. The fraction of sp³-hybridized carbons (Fsp3) is 0.424. The molecule has 1 aromatic carbocycles. The molecule has 2 aliphatic rings. The van der Waals surface area contributed by atoms with Gasteiger partial charge in [-0.25, -0.2) is 23.1 Å². The van der Waals surface area contributed by atoms with Crippen molar-refractivity contribution in [2.45, 2.75) is 65.2 Å². The second-order valence-corrected chi connectivity index (χ2v) is 12.0. The number of piperazine rings is 1. The van der Waals surface area contributed by atoms with Gasteiger partial charge in [0.15, 0.2) is 17.6 Å². The summed E-state index contributed by atoms with van der Waals surface area (Å²) in [6.07, 6.45) is -1.29. The Balaban J connectivity index is 1.80. The van der Waals surface area contributed by atoms with Crippen molar-refractivity contribution in [2.75, 3.05) is 31.1 Å². The summed E-state index contributed by atoms with van der Waals surface area (Å²) in [7, 11) is 0. The lowest BCUT2D eigenvalue weighted by atomic mass is 9.97. The number of carbonyl (C=O) groups excluding carboxylic acids is 1. The third-order valence-corrected chi connectivity index (χ3v) is 8.48. The maximum absolute atomic E-state index is 16.3. The zero-order valence-corrected chi connectivity index (χ0v) is 26.3. The molecule has 3 atom stereocenters. The van der Waals surface area contributed by atoms with Crippen LogP contribution < -0.4 is 20.6 Å². The number of aliphatic hydroxyl groups is 1. The summed E-state index contributed by atoms with van der Waals surface area (Å²) in [6, 6.07) is 5.62. The maximum atomic E-state index is 16.3. The van der Waals surface area contributed by atoms with Gasteiger partial charge in [0.25, 0.3) is 0 Å². The number of hydrogen-bond donors (Lipinski definition) is 2. The largest absolute Gasteiger partial charge is 0.490 e. The van der Waals surface area contributed by atoms with Crippen molar-refractivity contribution in [2.24, 2.45) is 0 Å². The first kappa shape index (κ1) is 31.5. The molecule has 0 spiro atoms. The van der Waals surface area contributed by atoms with Gasteiger partial charge in [-0.15, -0.1) is 0 Å². The maximum Gasteiger partial charge on any atom is 0.355 e. The monoisotopic (exact) mass is 634 g/mol. The molecule has 0 radical (unpaired) electrons. The lowest BCUT2D eigenvalue weighted by molar-refractivity contribution is -0.156. The highest BCUT2D eigenvalue weighted by Crippen LogP contribution is 2.40. The van der Waals surface area contributed by atoms with E-state index in [0.29, 0.717) is 25.3 Å². The minimum absolute atomic E-state index is 0.00392. The topological polar surface area (TPSA) is 132 Å². The van der Waals surface area contributed by atoms with Crippen LogP contribution in [-0.2, 0) is 9.53 Å². The zero-order chi connectivity index (χ0) is 32.9. The number of nitrogens with zero attached hydrogens (tertiary/aromatic N) is 5. The van der Waals surface area contributed by atoms with Gasteiger partial charge in [0.1, 0.15) is 35.8 Å². The first-order chi connectivity index (χ1) is 22.0. The number of carbonyl (C=O) groups is 1. The van der Waals surface area contributed by atoms with Crippen molar-refractivity contribution in [3.8, 4) is 22.7 Å². The normalized spacial score (nSPS) is 19.7. The van der Waals surface area contributed by atoms with Crippen molar-refractivity contribution >= 4 is 22.8 Å². The van der Waals surface area contributed by atoms with Crippen LogP contribution in [0.4, 0.5) is 14.6 Å². The van der Waals surface area contributed by atoms with E-state index in [1.165, 1.54) is 35.9 Å². The fourth-order valence-corrected chi connectivity index (χ4v) is 6.08. The van der Waals surface area contributed by atoms with Crippen LogP contribution in [0.15, 0.2) is 35.3 Å². The number of nitrogens with one attached hydrogen (secondary N) is 1. The highest BCUT2D eigenvalue weighted by atomic mass is 19.1. The molecule has 4 aromatic rings. The Labute approximate surface area is 264 Å². The van der Waals surface area contributed by atoms with Crippen LogP contribution in [0.5, 0.6) is 5.75 Å². The molecule has 2 aliphatic heterocycles. The van der Waals surface area contributed by atoms with E-state index in [1.54, 1.807) is 13.0 Å². The van der Waals surface area contributed by atoms with Crippen LogP contribution >= 0.6 is 0 Å². The number of pyridine rings is 2. The average molecular weight is 635 g/mol. The van der Waals surface area contributed by atoms with Crippen molar-refractivity contribution in [3.63, 3.8) is 0 Å². The Morgan fingerprint density at radius 1 is 1.24 bits per heavy atom.